The number of carbonyl (C=O) groups is 3. The average Bonchev–Trinajstić information content (AvgIpc) is 2.88. The van der Waals surface area contributed by atoms with Crippen molar-refractivity contribution in [3.05, 3.63) is 35.4 Å². The number of rotatable bonds is 6. The molecule has 1 aromatic rings. The first-order valence-corrected chi connectivity index (χ1v) is 8.97. The third kappa shape index (κ3) is 3.58. The second-order valence-electron chi connectivity index (χ2n) is 6.79. The molecule has 1 heterocycles. The highest BCUT2D eigenvalue weighted by Crippen LogP contribution is 2.33. The van der Waals surface area contributed by atoms with Gasteiger partial charge in [0.2, 0.25) is 5.91 Å². The first-order chi connectivity index (χ1) is 12.1. The van der Waals surface area contributed by atoms with Gasteiger partial charge in [-0.15, -0.1) is 0 Å². The molecular weight excluding hydrogens is 320 g/mol. The predicted molar refractivity (Wildman–Crippen MR) is 92.0 cm³/mol. The normalized spacial score (nSPS) is 22.8. The van der Waals surface area contributed by atoms with E-state index >= 15 is 0 Å². The molecular formula is C19H24N2O4. The molecule has 1 fully saturated rings. The third-order valence-corrected chi connectivity index (χ3v) is 5.18. The molecule has 0 saturated heterocycles. The molecule has 1 aromatic carbocycles. The SMILES string of the molecule is O=C(NCCCO)C1CCCCC1CN1C(=O)c2ccccc2C1=O. The highest BCUT2D eigenvalue weighted by atomic mass is 16.3. The summed E-state index contributed by atoms with van der Waals surface area (Å²) in [5.41, 5.74) is 0.902. The average molecular weight is 344 g/mol. The van der Waals surface area contributed by atoms with Crippen LogP contribution in [-0.4, -0.2) is 47.4 Å². The monoisotopic (exact) mass is 344 g/mol. The van der Waals surface area contributed by atoms with Gasteiger partial charge in [-0.3, -0.25) is 19.3 Å². The van der Waals surface area contributed by atoms with E-state index in [1.807, 2.05) is 0 Å². The van der Waals surface area contributed by atoms with Crippen molar-refractivity contribution in [2.24, 2.45) is 11.8 Å². The molecule has 25 heavy (non-hydrogen) atoms. The highest BCUT2D eigenvalue weighted by molar-refractivity contribution is 6.21. The maximum absolute atomic E-state index is 12.5. The van der Waals surface area contributed by atoms with Crippen molar-refractivity contribution >= 4 is 17.7 Å². The lowest BCUT2D eigenvalue weighted by Gasteiger charge is -2.32. The van der Waals surface area contributed by atoms with Crippen molar-refractivity contribution in [1.82, 2.24) is 10.2 Å². The molecule has 0 radical (unpaired) electrons. The van der Waals surface area contributed by atoms with Crippen molar-refractivity contribution in [2.75, 3.05) is 19.7 Å². The van der Waals surface area contributed by atoms with E-state index in [1.54, 1.807) is 24.3 Å². The summed E-state index contributed by atoms with van der Waals surface area (Å²) in [6, 6.07) is 6.86. The predicted octanol–water partition coefficient (Wildman–Crippen LogP) is 1.59. The van der Waals surface area contributed by atoms with Gasteiger partial charge in [-0.05, 0) is 37.3 Å². The number of fused-ring (bicyclic) bond motifs is 1. The van der Waals surface area contributed by atoms with Crippen LogP contribution in [0.5, 0.6) is 0 Å². The van der Waals surface area contributed by atoms with Gasteiger partial charge in [-0.2, -0.15) is 0 Å². The van der Waals surface area contributed by atoms with Crippen LogP contribution in [0.15, 0.2) is 24.3 Å². The van der Waals surface area contributed by atoms with Gasteiger partial charge in [0.1, 0.15) is 0 Å². The number of amides is 3. The smallest absolute Gasteiger partial charge is 0.261 e. The molecule has 1 aliphatic heterocycles. The minimum absolute atomic E-state index is 0.00918. The third-order valence-electron chi connectivity index (χ3n) is 5.18. The zero-order valence-electron chi connectivity index (χ0n) is 14.2. The number of hydrogen-bond acceptors (Lipinski definition) is 4. The number of aliphatic hydroxyl groups excluding tert-OH is 1. The number of aliphatic hydroxyl groups is 1. The van der Waals surface area contributed by atoms with Crippen LogP contribution >= 0.6 is 0 Å². The number of benzene rings is 1. The van der Waals surface area contributed by atoms with Crippen LogP contribution < -0.4 is 5.32 Å². The first-order valence-electron chi connectivity index (χ1n) is 8.97. The fourth-order valence-electron chi connectivity index (χ4n) is 3.83. The summed E-state index contributed by atoms with van der Waals surface area (Å²) in [6.45, 7) is 0.791. The molecule has 0 aromatic heterocycles. The van der Waals surface area contributed by atoms with Gasteiger partial charge in [0.05, 0.1) is 11.1 Å². The summed E-state index contributed by atoms with van der Waals surface area (Å²) in [7, 11) is 0. The molecule has 6 nitrogen and oxygen atoms in total. The topological polar surface area (TPSA) is 86.7 Å². The molecule has 1 saturated carbocycles. The Bertz CT molecular complexity index is 638. The number of nitrogens with one attached hydrogen (secondary N) is 1. The fourth-order valence-corrected chi connectivity index (χ4v) is 3.83. The second kappa shape index (κ2) is 7.78. The van der Waals surface area contributed by atoms with Crippen LogP contribution in [0.1, 0.15) is 52.8 Å². The van der Waals surface area contributed by atoms with Crippen LogP contribution in [0, 0.1) is 11.8 Å². The largest absolute Gasteiger partial charge is 0.396 e. The minimum Gasteiger partial charge on any atom is -0.396 e. The Hall–Kier alpha value is -2.21. The van der Waals surface area contributed by atoms with E-state index in [2.05, 4.69) is 5.32 Å². The lowest BCUT2D eigenvalue weighted by molar-refractivity contribution is -0.128. The summed E-state index contributed by atoms with van der Waals surface area (Å²) in [6.07, 6.45) is 4.14. The van der Waals surface area contributed by atoms with Crippen molar-refractivity contribution in [3.8, 4) is 0 Å². The van der Waals surface area contributed by atoms with Crippen LogP contribution in [0.3, 0.4) is 0 Å². The van der Waals surface area contributed by atoms with Crippen molar-refractivity contribution in [1.29, 1.82) is 0 Å². The van der Waals surface area contributed by atoms with Gasteiger partial charge in [0.25, 0.3) is 11.8 Å². The van der Waals surface area contributed by atoms with Gasteiger partial charge in [-0.1, -0.05) is 25.0 Å². The zero-order valence-corrected chi connectivity index (χ0v) is 14.2. The lowest BCUT2D eigenvalue weighted by atomic mass is 9.78. The Morgan fingerprint density at radius 2 is 1.76 bits per heavy atom. The number of carbonyl (C=O) groups excluding carboxylic acids is 3. The molecule has 6 heteroatoms. The van der Waals surface area contributed by atoms with Crippen LogP contribution in [0.2, 0.25) is 0 Å². The van der Waals surface area contributed by atoms with Crippen molar-refractivity contribution in [2.45, 2.75) is 32.1 Å². The van der Waals surface area contributed by atoms with Gasteiger partial charge >= 0.3 is 0 Å². The van der Waals surface area contributed by atoms with Crippen LogP contribution in [-0.2, 0) is 4.79 Å². The summed E-state index contributed by atoms with van der Waals surface area (Å²) in [4.78, 5) is 38.8. The van der Waals surface area contributed by atoms with Crippen LogP contribution in [0.25, 0.3) is 0 Å². The Labute approximate surface area is 147 Å². The van der Waals surface area contributed by atoms with Gasteiger partial charge in [0, 0.05) is 25.6 Å². The standard InChI is InChI=1S/C19H24N2O4/c22-11-5-10-20-17(23)14-7-2-1-6-13(14)12-21-18(24)15-8-3-4-9-16(15)19(21)25/h3-4,8-9,13-14,22H,1-2,5-7,10-12H2,(H,20,23). The van der Waals surface area contributed by atoms with Gasteiger partial charge in [-0.25, -0.2) is 0 Å². The summed E-state index contributed by atoms with van der Waals surface area (Å²) >= 11 is 0. The lowest BCUT2D eigenvalue weighted by Crippen LogP contribution is -2.43. The van der Waals surface area contributed by atoms with Crippen molar-refractivity contribution < 1.29 is 19.5 Å². The summed E-state index contributed by atoms with van der Waals surface area (Å²) in [5.74, 6) is -0.743. The first kappa shape index (κ1) is 17.6. The molecule has 3 amide bonds. The fraction of sp³-hybridized carbons (Fsp3) is 0.526. The van der Waals surface area contributed by atoms with E-state index in [0.717, 1.165) is 25.7 Å². The summed E-state index contributed by atoms with van der Waals surface area (Å²) in [5, 5.41) is 11.7. The summed E-state index contributed by atoms with van der Waals surface area (Å²) < 4.78 is 0. The number of nitrogens with zero attached hydrogens (tertiary/aromatic N) is 1. The molecule has 2 unspecified atom stereocenters. The molecule has 3 rings (SSSR count). The van der Waals surface area contributed by atoms with Gasteiger partial charge < -0.3 is 10.4 Å². The molecule has 0 bridgehead atoms. The van der Waals surface area contributed by atoms with E-state index in [9.17, 15) is 14.4 Å². The van der Waals surface area contributed by atoms with E-state index < -0.39 is 0 Å². The maximum atomic E-state index is 12.5. The molecule has 2 aliphatic rings. The minimum atomic E-state index is -0.259. The number of hydrogen-bond donors (Lipinski definition) is 2. The van der Waals surface area contributed by atoms with E-state index in [0.29, 0.717) is 30.6 Å². The molecule has 134 valence electrons. The Balaban J connectivity index is 1.69. The molecule has 0 spiro atoms. The zero-order chi connectivity index (χ0) is 17.8. The maximum Gasteiger partial charge on any atom is 0.261 e. The van der Waals surface area contributed by atoms with E-state index in [1.165, 1.54) is 4.90 Å². The van der Waals surface area contributed by atoms with Gasteiger partial charge in [0.15, 0.2) is 0 Å². The second-order valence-corrected chi connectivity index (χ2v) is 6.79. The molecule has 2 atom stereocenters. The molecule has 1 aliphatic carbocycles. The quantitative estimate of drug-likeness (QED) is 0.606. The van der Waals surface area contributed by atoms with E-state index in [4.69, 9.17) is 5.11 Å². The molecule has 2 N–H and O–H groups in total. The Kier molecular flexibility index (Phi) is 5.48. The number of imide groups is 1. The van der Waals surface area contributed by atoms with Crippen LogP contribution in [0.4, 0.5) is 0 Å². The highest BCUT2D eigenvalue weighted by Gasteiger charge is 2.39. The Morgan fingerprint density at radius 3 is 2.40 bits per heavy atom. The Morgan fingerprint density at radius 1 is 1.12 bits per heavy atom. The van der Waals surface area contributed by atoms with E-state index in [-0.39, 0.29) is 36.2 Å². The van der Waals surface area contributed by atoms with Crippen molar-refractivity contribution in [3.63, 3.8) is 0 Å².